The third kappa shape index (κ3) is 5.02. The Morgan fingerprint density at radius 2 is 1.86 bits per heavy atom. The van der Waals surface area contributed by atoms with Gasteiger partial charge in [0.2, 0.25) is 0 Å². The van der Waals surface area contributed by atoms with Crippen LogP contribution < -0.4 is 5.32 Å². The summed E-state index contributed by atoms with van der Waals surface area (Å²) in [6.07, 6.45) is -1.31. The van der Waals surface area contributed by atoms with E-state index in [-0.39, 0.29) is 0 Å². The van der Waals surface area contributed by atoms with Crippen LogP contribution in [0, 0.1) is 0 Å². The van der Waals surface area contributed by atoms with Gasteiger partial charge in [-0.15, -0.1) is 0 Å². The molecule has 0 saturated heterocycles. The van der Waals surface area contributed by atoms with Crippen LogP contribution in [0.4, 0.5) is 4.79 Å². The summed E-state index contributed by atoms with van der Waals surface area (Å²) in [5.41, 5.74) is 0.424. The third-order valence-corrected chi connectivity index (χ3v) is 3.41. The van der Waals surface area contributed by atoms with E-state index in [9.17, 15) is 15.0 Å². The molecule has 0 heterocycles. The molecule has 0 spiro atoms. The minimum absolute atomic E-state index is 0.345. The van der Waals surface area contributed by atoms with Gasteiger partial charge in [0.15, 0.2) is 0 Å². The second-order valence-corrected chi connectivity index (χ2v) is 6.21. The lowest BCUT2D eigenvalue weighted by atomic mass is 9.94. The van der Waals surface area contributed by atoms with E-state index in [1.54, 1.807) is 7.05 Å². The maximum absolute atomic E-state index is 11.7. The number of carbonyl (C=O) groups is 1. The molecule has 0 radical (unpaired) electrons. The number of rotatable bonds is 6. The number of carboxylic acid groups (broad SMARTS) is 1. The molecule has 0 aliphatic rings. The SMILES string of the molecule is CNC[C@H](O)[C@H](Cc1ccccc1)N(C(=O)O)C(C)(C)C. The lowest BCUT2D eigenvalue weighted by Crippen LogP contribution is -2.57. The second kappa shape index (κ2) is 7.43. The van der Waals surface area contributed by atoms with Crippen LogP contribution in [0.5, 0.6) is 0 Å². The third-order valence-electron chi connectivity index (χ3n) is 3.41. The van der Waals surface area contributed by atoms with Crippen molar-refractivity contribution in [2.75, 3.05) is 13.6 Å². The first-order chi connectivity index (χ1) is 9.77. The number of nitrogens with one attached hydrogen (secondary N) is 1. The normalized spacial score (nSPS) is 14.5. The van der Waals surface area contributed by atoms with Crippen LogP contribution in [0.3, 0.4) is 0 Å². The highest BCUT2D eigenvalue weighted by Crippen LogP contribution is 2.22. The van der Waals surface area contributed by atoms with Crippen molar-refractivity contribution >= 4 is 6.09 Å². The van der Waals surface area contributed by atoms with Gasteiger partial charge >= 0.3 is 6.09 Å². The summed E-state index contributed by atoms with van der Waals surface area (Å²) in [4.78, 5) is 13.0. The maximum Gasteiger partial charge on any atom is 0.408 e. The molecule has 0 fully saturated rings. The number of likely N-dealkylation sites (N-methyl/N-ethyl adjacent to an activating group) is 1. The second-order valence-electron chi connectivity index (χ2n) is 6.21. The average Bonchev–Trinajstić information content (AvgIpc) is 2.37. The summed E-state index contributed by atoms with van der Waals surface area (Å²) < 4.78 is 0. The van der Waals surface area contributed by atoms with Gasteiger partial charge in [-0.3, -0.25) is 4.90 Å². The number of aliphatic hydroxyl groups excluding tert-OH is 1. The lowest BCUT2D eigenvalue weighted by Gasteiger charge is -2.41. The van der Waals surface area contributed by atoms with E-state index < -0.39 is 23.8 Å². The Kier molecular flexibility index (Phi) is 6.18. The monoisotopic (exact) mass is 294 g/mol. The molecule has 1 rings (SSSR count). The van der Waals surface area contributed by atoms with Gasteiger partial charge in [0.1, 0.15) is 0 Å². The fraction of sp³-hybridized carbons (Fsp3) is 0.562. The number of aliphatic hydroxyl groups is 1. The van der Waals surface area contributed by atoms with E-state index in [4.69, 9.17) is 0 Å². The Labute approximate surface area is 126 Å². The molecule has 1 aromatic rings. The van der Waals surface area contributed by atoms with Crippen molar-refractivity contribution in [3.63, 3.8) is 0 Å². The quantitative estimate of drug-likeness (QED) is 0.750. The molecule has 5 nitrogen and oxygen atoms in total. The van der Waals surface area contributed by atoms with Gasteiger partial charge < -0.3 is 15.5 Å². The highest BCUT2D eigenvalue weighted by Gasteiger charge is 2.36. The number of amides is 1. The molecule has 0 aliphatic carbocycles. The van der Waals surface area contributed by atoms with E-state index >= 15 is 0 Å². The van der Waals surface area contributed by atoms with Crippen molar-refractivity contribution in [3.8, 4) is 0 Å². The topological polar surface area (TPSA) is 72.8 Å². The van der Waals surface area contributed by atoms with Crippen molar-refractivity contribution in [1.82, 2.24) is 10.2 Å². The molecule has 21 heavy (non-hydrogen) atoms. The molecular weight excluding hydrogens is 268 g/mol. The number of nitrogens with zero attached hydrogens (tertiary/aromatic N) is 1. The summed E-state index contributed by atoms with van der Waals surface area (Å²) in [5.74, 6) is 0. The largest absolute Gasteiger partial charge is 0.465 e. The summed E-state index contributed by atoms with van der Waals surface area (Å²) in [6.45, 7) is 5.86. The van der Waals surface area contributed by atoms with Crippen LogP contribution in [0.1, 0.15) is 26.3 Å². The standard InChI is InChI=1S/C16H26N2O3/c1-16(2,3)18(15(20)21)13(14(19)11-17-4)10-12-8-6-5-7-9-12/h5-9,13-14,17,19H,10-11H2,1-4H3,(H,20,21)/t13-,14-/m0/s1. The van der Waals surface area contributed by atoms with Gasteiger partial charge in [-0.1, -0.05) is 30.3 Å². The molecule has 0 unspecified atom stereocenters. The molecular formula is C16H26N2O3. The molecule has 1 amide bonds. The van der Waals surface area contributed by atoms with E-state index in [1.165, 1.54) is 4.90 Å². The highest BCUT2D eigenvalue weighted by atomic mass is 16.4. The van der Waals surface area contributed by atoms with Gasteiger partial charge in [-0.05, 0) is 39.8 Å². The van der Waals surface area contributed by atoms with Crippen LogP contribution in [0.25, 0.3) is 0 Å². The first-order valence-electron chi connectivity index (χ1n) is 7.16. The zero-order valence-corrected chi connectivity index (χ0v) is 13.2. The van der Waals surface area contributed by atoms with Gasteiger partial charge in [-0.25, -0.2) is 4.79 Å². The van der Waals surface area contributed by atoms with E-state index in [0.717, 1.165) is 5.56 Å². The van der Waals surface area contributed by atoms with Crippen LogP contribution in [0.2, 0.25) is 0 Å². The minimum Gasteiger partial charge on any atom is -0.465 e. The summed E-state index contributed by atoms with van der Waals surface area (Å²) in [5, 5.41) is 22.9. The molecule has 0 bridgehead atoms. The van der Waals surface area contributed by atoms with Crippen molar-refractivity contribution in [2.24, 2.45) is 0 Å². The van der Waals surface area contributed by atoms with Gasteiger partial charge in [0, 0.05) is 12.1 Å². The molecule has 0 aliphatic heterocycles. The van der Waals surface area contributed by atoms with Gasteiger partial charge in [0.25, 0.3) is 0 Å². The van der Waals surface area contributed by atoms with Crippen molar-refractivity contribution < 1.29 is 15.0 Å². The maximum atomic E-state index is 11.7. The summed E-state index contributed by atoms with van der Waals surface area (Å²) >= 11 is 0. The smallest absolute Gasteiger partial charge is 0.408 e. The zero-order valence-electron chi connectivity index (χ0n) is 13.2. The first-order valence-corrected chi connectivity index (χ1v) is 7.16. The Morgan fingerprint density at radius 3 is 2.29 bits per heavy atom. The molecule has 118 valence electrons. The predicted octanol–water partition coefficient (Wildman–Crippen LogP) is 1.96. The van der Waals surface area contributed by atoms with Crippen LogP contribution in [0.15, 0.2) is 30.3 Å². The summed E-state index contributed by atoms with van der Waals surface area (Å²) in [7, 11) is 1.74. The fourth-order valence-corrected chi connectivity index (χ4v) is 2.53. The Balaban J connectivity index is 3.08. The Morgan fingerprint density at radius 1 is 1.29 bits per heavy atom. The molecule has 5 heteroatoms. The number of hydrogen-bond donors (Lipinski definition) is 3. The number of hydrogen-bond acceptors (Lipinski definition) is 3. The molecule has 1 aromatic carbocycles. The van der Waals surface area contributed by atoms with Crippen molar-refractivity contribution in [1.29, 1.82) is 0 Å². The minimum atomic E-state index is -1.02. The molecule has 2 atom stereocenters. The fourth-order valence-electron chi connectivity index (χ4n) is 2.53. The van der Waals surface area contributed by atoms with Gasteiger partial charge in [0.05, 0.1) is 12.1 Å². The molecule has 3 N–H and O–H groups in total. The zero-order chi connectivity index (χ0) is 16.0. The van der Waals surface area contributed by atoms with Crippen LogP contribution in [-0.4, -0.2) is 52.5 Å². The summed E-state index contributed by atoms with van der Waals surface area (Å²) in [6, 6.07) is 9.14. The average molecular weight is 294 g/mol. The highest BCUT2D eigenvalue weighted by molar-refractivity contribution is 5.66. The molecule has 0 saturated carbocycles. The number of benzene rings is 1. The lowest BCUT2D eigenvalue weighted by molar-refractivity contribution is 0.00848. The Hall–Kier alpha value is -1.59. The van der Waals surface area contributed by atoms with E-state index in [1.807, 2.05) is 51.1 Å². The van der Waals surface area contributed by atoms with E-state index in [0.29, 0.717) is 13.0 Å². The predicted molar refractivity (Wildman–Crippen MR) is 83.5 cm³/mol. The van der Waals surface area contributed by atoms with Crippen molar-refractivity contribution in [3.05, 3.63) is 35.9 Å². The van der Waals surface area contributed by atoms with Gasteiger partial charge in [-0.2, -0.15) is 0 Å². The Bertz CT molecular complexity index is 443. The van der Waals surface area contributed by atoms with Crippen LogP contribution >= 0.6 is 0 Å². The van der Waals surface area contributed by atoms with Crippen molar-refractivity contribution in [2.45, 2.75) is 44.9 Å². The van der Waals surface area contributed by atoms with Crippen LogP contribution in [-0.2, 0) is 6.42 Å². The van der Waals surface area contributed by atoms with E-state index in [2.05, 4.69) is 5.32 Å². The first kappa shape index (κ1) is 17.5. The molecule has 0 aromatic heterocycles.